The zero-order valence-electron chi connectivity index (χ0n) is 11.5. The zero-order valence-corrected chi connectivity index (χ0v) is 11.5. The average Bonchev–Trinajstić information content (AvgIpc) is 2.45. The summed E-state index contributed by atoms with van der Waals surface area (Å²) in [6.07, 6.45) is 0. The van der Waals surface area contributed by atoms with Gasteiger partial charge < -0.3 is 9.84 Å². The van der Waals surface area contributed by atoms with Gasteiger partial charge in [0.25, 0.3) is 0 Å². The number of hydrogen-bond acceptors (Lipinski definition) is 3. The normalized spacial score (nSPS) is 10.2. The van der Waals surface area contributed by atoms with Crippen molar-refractivity contribution in [2.24, 2.45) is 0 Å². The van der Waals surface area contributed by atoms with Gasteiger partial charge >= 0.3 is 11.9 Å². The molecule has 5 heteroatoms. The first-order valence-electron chi connectivity index (χ1n) is 6.17. The van der Waals surface area contributed by atoms with E-state index < -0.39 is 17.8 Å². The van der Waals surface area contributed by atoms with E-state index in [0.29, 0.717) is 16.7 Å². The van der Waals surface area contributed by atoms with Crippen molar-refractivity contribution in [1.82, 2.24) is 0 Å². The van der Waals surface area contributed by atoms with E-state index >= 15 is 0 Å². The topological polar surface area (TPSA) is 63.6 Å². The molecule has 0 aliphatic heterocycles. The number of esters is 1. The highest BCUT2D eigenvalue weighted by Crippen LogP contribution is 2.28. The molecule has 2 aromatic carbocycles. The van der Waals surface area contributed by atoms with Crippen molar-refractivity contribution in [3.63, 3.8) is 0 Å². The average molecular weight is 288 g/mol. The van der Waals surface area contributed by atoms with Crippen molar-refractivity contribution in [2.75, 3.05) is 7.11 Å². The minimum Gasteiger partial charge on any atom is -0.478 e. The zero-order chi connectivity index (χ0) is 15.6. The third-order valence-electron chi connectivity index (χ3n) is 3.17. The van der Waals surface area contributed by atoms with Crippen molar-refractivity contribution in [1.29, 1.82) is 0 Å². The summed E-state index contributed by atoms with van der Waals surface area (Å²) >= 11 is 0. The molecule has 0 aromatic heterocycles. The van der Waals surface area contributed by atoms with Gasteiger partial charge in [-0.3, -0.25) is 0 Å². The first-order valence-corrected chi connectivity index (χ1v) is 6.17. The van der Waals surface area contributed by atoms with Crippen LogP contribution in [0.4, 0.5) is 4.39 Å². The molecule has 2 aromatic rings. The van der Waals surface area contributed by atoms with Crippen LogP contribution in [0.1, 0.15) is 26.3 Å². The summed E-state index contributed by atoms with van der Waals surface area (Å²) in [4.78, 5) is 22.7. The fourth-order valence-electron chi connectivity index (χ4n) is 2.15. The number of halogens is 1. The molecule has 0 saturated carbocycles. The van der Waals surface area contributed by atoms with E-state index in [0.717, 1.165) is 6.07 Å². The first-order chi connectivity index (χ1) is 9.95. The van der Waals surface area contributed by atoms with Gasteiger partial charge in [-0.25, -0.2) is 14.0 Å². The number of methoxy groups -OCH3 is 1. The Bertz CT molecular complexity index is 722. The smallest absolute Gasteiger partial charge is 0.340 e. The largest absolute Gasteiger partial charge is 0.478 e. The van der Waals surface area contributed by atoms with Crippen LogP contribution in [0, 0.1) is 12.7 Å². The highest BCUT2D eigenvalue weighted by molar-refractivity contribution is 5.98. The molecule has 0 amide bonds. The molecular weight excluding hydrogens is 275 g/mol. The SMILES string of the molecule is COC(=O)c1ccc(-c2cccc(C)c2C(=O)O)cc1F. The number of aryl methyl sites for hydroxylation is 1. The molecule has 0 bridgehead atoms. The highest BCUT2D eigenvalue weighted by atomic mass is 19.1. The number of carbonyl (C=O) groups is 2. The van der Waals surface area contributed by atoms with Crippen molar-refractivity contribution >= 4 is 11.9 Å². The predicted octanol–water partition coefficient (Wildman–Crippen LogP) is 3.29. The predicted molar refractivity (Wildman–Crippen MR) is 74.9 cm³/mol. The number of hydrogen-bond donors (Lipinski definition) is 1. The van der Waals surface area contributed by atoms with Gasteiger partial charge in [-0.2, -0.15) is 0 Å². The number of carboxylic acids is 1. The Kier molecular flexibility index (Phi) is 4.03. The van der Waals surface area contributed by atoms with Gasteiger partial charge in [0.2, 0.25) is 0 Å². The van der Waals surface area contributed by atoms with Crippen molar-refractivity contribution in [3.8, 4) is 11.1 Å². The molecule has 0 aliphatic carbocycles. The van der Waals surface area contributed by atoms with Crippen molar-refractivity contribution in [2.45, 2.75) is 6.92 Å². The molecule has 0 unspecified atom stereocenters. The number of ether oxygens (including phenoxy) is 1. The quantitative estimate of drug-likeness (QED) is 0.880. The van der Waals surface area contributed by atoms with Crippen LogP contribution in [-0.4, -0.2) is 24.2 Å². The lowest BCUT2D eigenvalue weighted by Gasteiger charge is -2.10. The molecule has 0 saturated heterocycles. The van der Waals surface area contributed by atoms with Gasteiger partial charge in [0.05, 0.1) is 18.2 Å². The lowest BCUT2D eigenvalue weighted by Crippen LogP contribution is -2.06. The second-order valence-corrected chi connectivity index (χ2v) is 4.49. The molecule has 2 rings (SSSR count). The molecule has 0 radical (unpaired) electrons. The van der Waals surface area contributed by atoms with E-state index in [4.69, 9.17) is 0 Å². The Balaban J connectivity index is 2.59. The van der Waals surface area contributed by atoms with Gasteiger partial charge in [0, 0.05) is 0 Å². The van der Waals surface area contributed by atoms with Crippen LogP contribution in [-0.2, 0) is 4.74 Å². The van der Waals surface area contributed by atoms with E-state index in [2.05, 4.69) is 4.74 Å². The Morgan fingerprint density at radius 1 is 1.19 bits per heavy atom. The van der Waals surface area contributed by atoms with Crippen LogP contribution in [0.15, 0.2) is 36.4 Å². The fourth-order valence-corrected chi connectivity index (χ4v) is 2.15. The number of rotatable bonds is 3. The molecule has 108 valence electrons. The van der Waals surface area contributed by atoms with Crippen LogP contribution < -0.4 is 0 Å². The summed E-state index contributed by atoms with van der Waals surface area (Å²) in [6.45, 7) is 1.67. The minimum absolute atomic E-state index is 0.114. The van der Waals surface area contributed by atoms with Gasteiger partial charge in [0.15, 0.2) is 0 Å². The van der Waals surface area contributed by atoms with Gasteiger partial charge in [-0.05, 0) is 35.7 Å². The molecule has 0 atom stereocenters. The Morgan fingerprint density at radius 2 is 1.90 bits per heavy atom. The van der Waals surface area contributed by atoms with E-state index in [1.165, 1.54) is 19.2 Å². The third-order valence-corrected chi connectivity index (χ3v) is 3.17. The van der Waals surface area contributed by atoms with Crippen LogP contribution >= 0.6 is 0 Å². The van der Waals surface area contributed by atoms with Crippen molar-refractivity contribution in [3.05, 3.63) is 58.9 Å². The van der Waals surface area contributed by atoms with Crippen LogP contribution in [0.2, 0.25) is 0 Å². The first kappa shape index (κ1) is 14.7. The Labute approximate surface area is 120 Å². The number of carbonyl (C=O) groups excluding carboxylic acids is 1. The lowest BCUT2D eigenvalue weighted by molar-refractivity contribution is 0.0594. The third kappa shape index (κ3) is 2.76. The highest BCUT2D eigenvalue weighted by Gasteiger charge is 2.17. The lowest BCUT2D eigenvalue weighted by atomic mass is 9.95. The van der Waals surface area contributed by atoms with Crippen LogP contribution in [0.5, 0.6) is 0 Å². The molecular formula is C16H13FO4. The molecule has 21 heavy (non-hydrogen) atoms. The summed E-state index contributed by atoms with van der Waals surface area (Å²) < 4.78 is 18.4. The Morgan fingerprint density at radius 3 is 2.48 bits per heavy atom. The van der Waals surface area contributed by atoms with E-state index in [1.54, 1.807) is 25.1 Å². The molecule has 0 heterocycles. The molecule has 1 N–H and O–H groups in total. The standard InChI is InChI=1S/C16H13FO4/c1-9-4-3-5-11(14(9)15(18)19)10-6-7-12(13(17)8-10)16(20)21-2/h3-8H,1-2H3,(H,18,19). The fraction of sp³-hybridized carbons (Fsp3) is 0.125. The van der Waals surface area contributed by atoms with Gasteiger partial charge in [-0.15, -0.1) is 0 Å². The second kappa shape index (κ2) is 5.75. The van der Waals surface area contributed by atoms with Crippen molar-refractivity contribution < 1.29 is 23.8 Å². The summed E-state index contributed by atoms with van der Waals surface area (Å²) in [6, 6.07) is 8.88. The number of benzene rings is 2. The molecule has 4 nitrogen and oxygen atoms in total. The molecule has 0 spiro atoms. The van der Waals surface area contributed by atoms with E-state index in [9.17, 15) is 19.1 Å². The molecule has 0 aliphatic rings. The van der Waals surface area contributed by atoms with Crippen LogP contribution in [0.25, 0.3) is 11.1 Å². The number of carboxylic acid groups (broad SMARTS) is 1. The minimum atomic E-state index is -1.08. The second-order valence-electron chi connectivity index (χ2n) is 4.49. The summed E-state index contributed by atoms with van der Waals surface area (Å²) in [7, 11) is 1.17. The number of aromatic carboxylic acids is 1. The maximum Gasteiger partial charge on any atom is 0.340 e. The van der Waals surface area contributed by atoms with E-state index in [1.807, 2.05) is 0 Å². The summed E-state index contributed by atoms with van der Waals surface area (Å²) in [5, 5.41) is 9.29. The van der Waals surface area contributed by atoms with Gasteiger partial charge in [0.1, 0.15) is 5.82 Å². The maximum atomic E-state index is 14.0. The summed E-state index contributed by atoms with van der Waals surface area (Å²) in [5.74, 6) is -2.61. The van der Waals surface area contributed by atoms with Gasteiger partial charge in [-0.1, -0.05) is 24.3 Å². The molecule has 0 fully saturated rings. The monoisotopic (exact) mass is 288 g/mol. The maximum absolute atomic E-state index is 14.0. The Hall–Kier alpha value is -2.69. The van der Waals surface area contributed by atoms with Crippen LogP contribution in [0.3, 0.4) is 0 Å². The van der Waals surface area contributed by atoms with E-state index in [-0.39, 0.29) is 11.1 Å². The summed E-state index contributed by atoms with van der Waals surface area (Å²) in [5.41, 5.74) is 1.30.